The van der Waals surface area contributed by atoms with Gasteiger partial charge in [0.25, 0.3) is 0 Å². The standard InChI is InChI=1S/C10H21NO2S/c1-4-5-14-9(8-11)6-10(7-9,12-2)13-3/h4-8,11H2,1-3H3. The van der Waals surface area contributed by atoms with Crippen LogP contribution in [0.4, 0.5) is 0 Å². The summed E-state index contributed by atoms with van der Waals surface area (Å²) in [6, 6.07) is 0. The molecule has 84 valence electrons. The third kappa shape index (κ3) is 2.24. The summed E-state index contributed by atoms with van der Waals surface area (Å²) in [5.74, 6) is 0.806. The van der Waals surface area contributed by atoms with Crippen molar-refractivity contribution < 1.29 is 9.47 Å². The molecular weight excluding hydrogens is 198 g/mol. The third-order valence-corrected chi connectivity index (χ3v) is 4.59. The van der Waals surface area contributed by atoms with Crippen molar-refractivity contribution in [3.63, 3.8) is 0 Å². The first kappa shape index (κ1) is 12.3. The Morgan fingerprint density at radius 2 is 1.86 bits per heavy atom. The Labute approximate surface area is 90.7 Å². The van der Waals surface area contributed by atoms with Crippen molar-refractivity contribution >= 4 is 11.8 Å². The van der Waals surface area contributed by atoms with Gasteiger partial charge in [-0.25, -0.2) is 0 Å². The van der Waals surface area contributed by atoms with Crippen molar-refractivity contribution in [1.29, 1.82) is 0 Å². The van der Waals surface area contributed by atoms with Crippen LogP contribution in [0, 0.1) is 0 Å². The molecule has 3 nitrogen and oxygen atoms in total. The van der Waals surface area contributed by atoms with E-state index in [-0.39, 0.29) is 10.5 Å². The van der Waals surface area contributed by atoms with Gasteiger partial charge >= 0.3 is 0 Å². The summed E-state index contributed by atoms with van der Waals surface area (Å²) in [5, 5.41) is 0. The Kier molecular flexibility index (Phi) is 4.25. The minimum absolute atomic E-state index is 0.196. The highest BCUT2D eigenvalue weighted by atomic mass is 32.2. The maximum absolute atomic E-state index is 5.81. The summed E-state index contributed by atoms with van der Waals surface area (Å²) in [7, 11) is 3.41. The molecule has 1 saturated carbocycles. The number of hydrogen-bond donors (Lipinski definition) is 1. The first-order chi connectivity index (χ1) is 6.66. The van der Waals surface area contributed by atoms with Gasteiger partial charge in [-0.05, 0) is 12.2 Å². The highest BCUT2D eigenvalue weighted by Crippen LogP contribution is 2.51. The van der Waals surface area contributed by atoms with Crippen LogP contribution in [0.1, 0.15) is 26.2 Å². The molecular formula is C10H21NO2S. The van der Waals surface area contributed by atoms with E-state index in [1.54, 1.807) is 14.2 Å². The zero-order chi connectivity index (χ0) is 10.7. The molecule has 0 spiro atoms. The van der Waals surface area contributed by atoms with Crippen LogP contribution in [0.5, 0.6) is 0 Å². The van der Waals surface area contributed by atoms with E-state index >= 15 is 0 Å². The summed E-state index contributed by atoms with van der Waals surface area (Å²) < 4.78 is 10.9. The molecule has 0 unspecified atom stereocenters. The van der Waals surface area contributed by atoms with Crippen molar-refractivity contribution in [2.45, 2.75) is 36.7 Å². The summed E-state index contributed by atoms with van der Waals surface area (Å²) in [6.45, 7) is 2.90. The van der Waals surface area contributed by atoms with Gasteiger partial charge in [0.05, 0.1) is 0 Å². The molecule has 0 amide bonds. The van der Waals surface area contributed by atoms with Gasteiger partial charge in [-0.3, -0.25) is 0 Å². The molecule has 2 N–H and O–H groups in total. The quantitative estimate of drug-likeness (QED) is 0.689. The molecule has 1 aliphatic rings. The van der Waals surface area contributed by atoms with E-state index in [9.17, 15) is 0 Å². The summed E-state index contributed by atoms with van der Waals surface area (Å²) in [5.41, 5.74) is 5.81. The number of methoxy groups -OCH3 is 2. The Hall–Kier alpha value is 0.230. The monoisotopic (exact) mass is 219 g/mol. The van der Waals surface area contributed by atoms with Gasteiger partial charge in [-0.1, -0.05) is 6.92 Å². The topological polar surface area (TPSA) is 44.5 Å². The number of thioether (sulfide) groups is 1. The van der Waals surface area contributed by atoms with Gasteiger partial charge in [0, 0.05) is 38.4 Å². The molecule has 1 rings (SSSR count). The molecule has 0 aromatic heterocycles. The third-order valence-electron chi connectivity index (χ3n) is 2.91. The smallest absolute Gasteiger partial charge is 0.170 e. The predicted octanol–water partition coefficient (Wildman–Crippen LogP) is 1.61. The Bertz CT molecular complexity index is 175. The molecule has 1 aliphatic carbocycles. The molecule has 0 bridgehead atoms. The number of hydrogen-bond acceptors (Lipinski definition) is 4. The van der Waals surface area contributed by atoms with Gasteiger partial charge in [0.15, 0.2) is 5.79 Å². The zero-order valence-electron chi connectivity index (χ0n) is 9.34. The van der Waals surface area contributed by atoms with Crippen molar-refractivity contribution in [3.05, 3.63) is 0 Å². The van der Waals surface area contributed by atoms with Crippen LogP contribution in [-0.2, 0) is 9.47 Å². The lowest BCUT2D eigenvalue weighted by molar-refractivity contribution is -0.260. The van der Waals surface area contributed by atoms with Crippen molar-refractivity contribution in [2.75, 3.05) is 26.5 Å². The van der Waals surface area contributed by atoms with E-state index in [1.165, 1.54) is 12.2 Å². The van der Waals surface area contributed by atoms with Crippen LogP contribution < -0.4 is 5.73 Å². The second kappa shape index (κ2) is 4.84. The summed E-state index contributed by atoms with van der Waals surface area (Å²) >= 11 is 1.96. The van der Waals surface area contributed by atoms with Crippen LogP contribution >= 0.6 is 11.8 Å². The van der Waals surface area contributed by atoms with E-state index in [1.807, 2.05) is 11.8 Å². The normalized spacial score (nSPS) is 23.1. The maximum Gasteiger partial charge on any atom is 0.170 e. The molecule has 14 heavy (non-hydrogen) atoms. The predicted molar refractivity (Wildman–Crippen MR) is 60.5 cm³/mol. The fourth-order valence-electron chi connectivity index (χ4n) is 1.93. The van der Waals surface area contributed by atoms with Crippen molar-refractivity contribution in [3.8, 4) is 0 Å². The average Bonchev–Trinajstić information content (AvgIpc) is 2.18. The van der Waals surface area contributed by atoms with E-state index in [0.29, 0.717) is 6.54 Å². The number of rotatable bonds is 6. The fraction of sp³-hybridized carbons (Fsp3) is 1.00. The Morgan fingerprint density at radius 3 is 2.21 bits per heavy atom. The van der Waals surface area contributed by atoms with E-state index < -0.39 is 0 Å². The molecule has 0 atom stereocenters. The second-order valence-corrected chi connectivity index (χ2v) is 5.47. The lowest BCUT2D eigenvalue weighted by atomic mass is 9.77. The number of nitrogens with two attached hydrogens (primary N) is 1. The molecule has 0 heterocycles. The van der Waals surface area contributed by atoms with Crippen LogP contribution in [-0.4, -0.2) is 37.1 Å². The maximum atomic E-state index is 5.81. The summed E-state index contributed by atoms with van der Waals surface area (Å²) in [4.78, 5) is 0. The lowest BCUT2D eigenvalue weighted by Gasteiger charge is -2.53. The van der Waals surface area contributed by atoms with Crippen LogP contribution in [0.25, 0.3) is 0 Å². The first-order valence-electron chi connectivity index (χ1n) is 5.10. The highest BCUT2D eigenvalue weighted by molar-refractivity contribution is 8.00. The molecule has 0 radical (unpaired) electrons. The second-order valence-electron chi connectivity index (χ2n) is 3.91. The van der Waals surface area contributed by atoms with Crippen molar-refractivity contribution in [1.82, 2.24) is 0 Å². The molecule has 0 aromatic rings. The van der Waals surface area contributed by atoms with Gasteiger partial charge in [-0.2, -0.15) is 11.8 Å². The van der Waals surface area contributed by atoms with E-state index in [2.05, 4.69) is 6.92 Å². The minimum atomic E-state index is -0.361. The van der Waals surface area contributed by atoms with Crippen molar-refractivity contribution in [2.24, 2.45) is 5.73 Å². The largest absolute Gasteiger partial charge is 0.353 e. The van der Waals surface area contributed by atoms with Gasteiger partial charge in [-0.15, -0.1) is 0 Å². The molecule has 0 aromatic carbocycles. The molecule has 0 aliphatic heterocycles. The van der Waals surface area contributed by atoms with Crippen LogP contribution in [0.15, 0.2) is 0 Å². The summed E-state index contributed by atoms with van der Waals surface area (Å²) in [6.07, 6.45) is 3.02. The SMILES string of the molecule is CCCSC1(CN)CC(OC)(OC)C1. The average molecular weight is 219 g/mol. The highest BCUT2D eigenvalue weighted by Gasteiger charge is 2.55. The van der Waals surface area contributed by atoms with Gasteiger partial charge < -0.3 is 15.2 Å². The molecule has 0 saturated heterocycles. The zero-order valence-corrected chi connectivity index (χ0v) is 10.2. The minimum Gasteiger partial charge on any atom is -0.353 e. The van der Waals surface area contributed by atoms with Crippen LogP contribution in [0.3, 0.4) is 0 Å². The van der Waals surface area contributed by atoms with Gasteiger partial charge in [0.1, 0.15) is 0 Å². The Morgan fingerprint density at radius 1 is 1.29 bits per heavy atom. The van der Waals surface area contributed by atoms with Crippen LogP contribution in [0.2, 0.25) is 0 Å². The number of ether oxygens (including phenoxy) is 2. The lowest BCUT2D eigenvalue weighted by Crippen LogP contribution is -2.60. The van der Waals surface area contributed by atoms with Gasteiger partial charge in [0.2, 0.25) is 0 Å². The Balaban J connectivity index is 2.46. The first-order valence-corrected chi connectivity index (χ1v) is 6.09. The molecule has 4 heteroatoms. The fourth-order valence-corrected chi connectivity index (χ4v) is 3.32. The molecule has 1 fully saturated rings. The van der Waals surface area contributed by atoms with E-state index in [4.69, 9.17) is 15.2 Å². The van der Waals surface area contributed by atoms with E-state index in [0.717, 1.165) is 12.8 Å².